The molecule has 1 aliphatic rings. The molecule has 3 heteroatoms. The first kappa shape index (κ1) is 10.4. The quantitative estimate of drug-likeness (QED) is 0.690. The van der Waals surface area contributed by atoms with E-state index >= 15 is 0 Å². The molecule has 1 aromatic rings. The van der Waals surface area contributed by atoms with E-state index in [0.717, 1.165) is 31.5 Å². The SMILES string of the molecule is CC1CN(C)CCC1n1cccc1C=O. The van der Waals surface area contributed by atoms with Gasteiger partial charge in [-0.25, -0.2) is 0 Å². The van der Waals surface area contributed by atoms with E-state index in [2.05, 4.69) is 23.4 Å². The first-order valence-electron chi connectivity index (χ1n) is 5.53. The van der Waals surface area contributed by atoms with E-state index in [4.69, 9.17) is 0 Å². The van der Waals surface area contributed by atoms with Gasteiger partial charge in [-0.05, 0) is 38.1 Å². The number of hydrogen-bond acceptors (Lipinski definition) is 2. The average molecular weight is 206 g/mol. The summed E-state index contributed by atoms with van der Waals surface area (Å²) in [4.78, 5) is 13.2. The standard InChI is InChI=1S/C12H18N2O/c1-10-8-13(2)7-5-12(10)14-6-3-4-11(14)9-15/h3-4,6,9-10,12H,5,7-8H2,1-2H3. The van der Waals surface area contributed by atoms with E-state index in [0.29, 0.717) is 12.0 Å². The summed E-state index contributed by atoms with van der Waals surface area (Å²) in [5, 5.41) is 0. The molecule has 0 aliphatic carbocycles. The molecule has 1 aromatic heterocycles. The lowest BCUT2D eigenvalue weighted by Crippen LogP contribution is -2.38. The van der Waals surface area contributed by atoms with Crippen molar-refractivity contribution in [3.8, 4) is 0 Å². The highest BCUT2D eigenvalue weighted by atomic mass is 16.1. The second-order valence-electron chi connectivity index (χ2n) is 4.55. The molecule has 0 N–H and O–H groups in total. The molecule has 0 spiro atoms. The van der Waals surface area contributed by atoms with E-state index in [9.17, 15) is 4.79 Å². The van der Waals surface area contributed by atoms with Crippen molar-refractivity contribution in [3.05, 3.63) is 24.0 Å². The lowest BCUT2D eigenvalue weighted by molar-refractivity contribution is 0.110. The zero-order chi connectivity index (χ0) is 10.8. The normalized spacial score (nSPS) is 27.9. The Labute approximate surface area is 90.7 Å². The number of aromatic nitrogens is 1. The van der Waals surface area contributed by atoms with Gasteiger partial charge in [-0.2, -0.15) is 0 Å². The Bertz CT molecular complexity index is 345. The van der Waals surface area contributed by atoms with Crippen molar-refractivity contribution in [2.75, 3.05) is 20.1 Å². The predicted octanol–water partition coefficient (Wildman–Crippen LogP) is 1.81. The van der Waals surface area contributed by atoms with E-state index in [1.165, 1.54) is 0 Å². The molecule has 1 fully saturated rings. The molecule has 2 atom stereocenters. The van der Waals surface area contributed by atoms with Crippen molar-refractivity contribution in [1.29, 1.82) is 0 Å². The van der Waals surface area contributed by atoms with Crippen molar-refractivity contribution in [1.82, 2.24) is 9.47 Å². The van der Waals surface area contributed by atoms with Gasteiger partial charge in [-0.3, -0.25) is 4.79 Å². The van der Waals surface area contributed by atoms with Gasteiger partial charge in [0, 0.05) is 18.8 Å². The fraction of sp³-hybridized carbons (Fsp3) is 0.583. The van der Waals surface area contributed by atoms with Crippen LogP contribution in [0.1, 0.15) is 29.9 Å². The molecule has 0 radical (unpaired) electrons. The summed E-state index contributed by atoms with van der Waals surface area (Å²) >= 11 is 0. The number of aldehydes is 1. The van der Waals surface area contributed by atoms with Gasteiger partial charge in [0.05, 0.1) is 5.69 Å². The molecule has 0 bridgehead atoms. The number of carbonyl (C=O) groups excluding carboxylic acids is 1. The second kappa shape index (κ2) is 4.19. The van der Waals surface area contributed by atoms with Gasteiger partial charge in [-0.15, -0.1) is 0 Å². The van der Waals surface area contributed by atoms with Crippen LogP contribution in [0.2, 0.25) is 0 Å². The number of hydrogen-bond donors (Lipinski definition) is 0. The predicted molar refractivity (Wildman–Crippen MR) is 60.1 cm³/mol. The first-order valence-corrected chi connectivity index (χ1v) is 5.53. The molecule has 15 heavy (non-hydrogen) atoms. The maximum absolute atomic E-state index is 10.9. The van der Waals surface area contributed by atoms with Crippen LogP contribution in [0.3, 0.4) is 0 Å². The average Bonchev–Trinajstić information content (AvgIpc) is 2.65. The Balaban J connectivity index is 2.20. The second-order valence-corrected chi connectivity index (χ2v) is 4.55. The molecule has 0 amide bonds. The van der Waals surface area contributed by atoms with Crippen LogP contribution in [-0.2, 0) is 0 Å². The number of carbonyl (C=O) groups is 1. The molecule has 2 rings (SSSR count). The monoisotopic (exact) mass is 206 g/mol. The molecule has 3 nitrogen and oxygen atoms in total. The minimum atomic E-state index is 0.483. The Morgan fingerprint density at radius 2 is 2.33 bits per heavy atom. The van der Waals surface area contributed by atoms with Crippen LogP contribution in [0.5, 0.6) is 0 Å². The van der Waals surface area contributed by atoms with Gasteiger partial charge < -0.3 is 9.47 Å². The van der Waals surface area contributed by atoms with Crippen LogP contribution in [0.4, 0.5) is 0 Å². The highest BCUT2D eigenvalue weighted by Gasteiger charge is 2.26. The summed E-state index contributed by atoms with van der Waals surface area (Å²) < 4.78 is 2.13. The van der Waals surface area contributed by atoms with E-state index in [1.807, 2.05) is 18.3 Å². The fourth-order valence-electron chi connectivity index (χ4n) is 2.56. The van der Waals surface area contributed by atoms with Crippen molar-refractivity contribution in [3.63, 3.8) is 0 Å². The van der Waals surface area contributed by atoms with Crippen LogP contribution in [-0.4, -0.2) is 35.9 Å². The van der Waals surface area contributed by atoms with Crippen LogP contribution in [0.15, 0.2) is 18.3 Å². The Morgan fingerprint density at radius 3 is 3.00 bits per heavy atom. The van der Waals surface area contributed by atoms with Crippen molar-refractivity contribution < 1.29 is 4.79 Å². The summed E-state index contributed by atoms with van der Waals surface area (Å²) in [5.41, 5.74) is 0.802. The first-order chi connectivity index (χ1) is 7.22. The molecule has 0 saturated carbocycles. The van der Waals surface area contributed by atoms with Crippen molar-refractivity contribution >= 4 is 6.29 Å². The molecular weight excluding hydrogens is 188 g/mol. The highest BCUT2D eigenvalue weighted by Crippen LogP contribution is 2.28. The lowest BCUT2D eigenvalue weighted by atomic mass is 9.94. The van der Waals surface area contributed by atoms with E-state index in [1.54, 1.807) is 0 Å². The summed E-state index contributed by atoms with van der Waals surface area (Å²) in [6.45, 7) is 4.49. The summed E-state index contributed by atoms with van der Waals surface area (Å²) in [5.74, 6) is 0.606. The minimum Gasteiger partial charge on any atom is -0.342 e. The van der Waals surface area contributed by atoms with Gasteiger partial charge in [0.15, 0.2) is 6.29 Å². The van der Waals surface area contributed by atoms with E-state index < -0.39 is 0 Å². The molecule has 82 valence electrons. The Hall–Kier alpha value is -1.09. The molecule has 2 heterocycles. The molecule has 2 unspecified atom stereocenters. The third-order valence-electron chi connectivity index (χ3n) is 3.35. The van der Waals surface area contributed by atoms with E-state index in [-0.39, 0.29) is 0 Å². The smallest absolute Gasteiger partial charge is 0.166 e. The maximum Gasteiger partial charge on any atom is 0.166 e. The number of piperidine rings is 1. The Morgan fingerprint density at radius 1 is 1.53 bits per heavy atom. The van der Waals surface area contributed by atoms with Gasteiger partial charge in [0.1, 0.15) is 0 Å². The largest absolute Gasteiger partial charge is 0.342 e. The number of nitrogens with zero attached hydrogens (tertiary/aromatic N) is 2. The van der Waals surface area contributed by atoms with Crippen molar-refractivity contribution in [2.24, 2.45) is 5.92 Å². The number of likely N-dealkylation sites (tertiary alicyclic amines) is 1. The van der Waals surface area contributed by atoms with Gasteiger partial charge >= 0.3 is 0 Å². The fourth-order valence-corrected chi connectivity index (χ4v) is 2.56. The summed E-state index contributed by atoms with van der Waals surface area (Å²) in [6, 6.07) is 4.32. The van der Waals surface area contributed by atoms with Crippen LogP contribution >= 0.6 is 0 Å². The zero-order valence-corrected chi connectivity index (χ0v) is 9.39. The zero-order valence-electron chi connectivity index (χ0n) is 9.39. The van der Waals surface area contributed by atoms with Gasteiger partial charge in [0.25, 0.3) is 0 Å². The van der Waals surface area contributed by atoms with Gasteiger partial charge in [0.2, 0.25) is 0 Å². The highest BCUT2D eigenvalue weighted by molar-refractivity contribution is 5.72. The van der Waals surface area contributed by atoms with Crippen molar-refractivity contribution in [2.45, 2.75) is 19.4 Å². The molecule has 0 aromatic carbocycles. The topological polar surface area (TPSA) is 25.2 Å². The number of rotatable bonds is 2. The molecular formula is C12H18N2O. The van der Waals surface area contributed by atoms with Gasteiger partial charge in [-0.1, -0.05) is 6.92 Å². The third-order valence-corrected chi connectivity index (χ3v) is 3.35. The third kappa shape index (κ3) is 1.97. The van der Waals surface area contributed by atoms with Crippen LogP contribution in [0.25, 0.3) is 0 Å². The molecule has 1 saturated heterocycles. The Kier molecular flexibility index (Phi) is 2.91. The van der Waals surface area contributed by atoms with Crippen LogP contribution < -0.4 is 0 Å². The summed E-state index contributed by atoms with van der Waals surface area (Å²) in [6.07, 6.45) is 4.11. The molecule has 1 aliphatic heterocycles. The minimum absolute atomic E-state index is 0.483. The summed E-state index contributed by atoms with van der Waals surface area (Å²) in [7, 11) is 2.16. The maximum atomic E-state index is 10.9. The van der Waals surface area contributed by atoms with Crippen LogP contribution in [0, 0.1) is 5.92 Å². The lowest BCUT2D eigenvalue weighted by Gasteiger charge is -2.36.